The van der Waals surface area contributed by atoms with Crippen molar-refractivity contribution < 1.29 is 4.52 Å². The highest BCUT2D eigenvalue weighted by molar-refractivity contribution is 5.57. The number of rotatable bonds is 2. The molecule has 1 saturated heterocycles. The summed E-state index contributed by atoms with van der Waals surface area (Å²) in [5.41, 5.74) is 0.858. The Labute approximate surface area is 105 Å². The lowest BCUT2D eigenvalue weighted by Gasteiger charge is -2.30. The molecule has 7 heteroatoms. The van der Waals surface area contributed by atoms with Gasteiger partial charge in [-0.25, -0.2) is 0 Å². The lowest BCUT2D eigenvalue weighted by atomic mass is 10.2. The van der Waals surface area contributed by atoms with Crippen LogP contribution in [0.2, 0.25) is 0 Å². The molecule has 1 aliphatic heterocycles. The molecule has 0 spiro atoms. The molecule has 3 heterocycles. The summed E-state index contributed by atoms with van der Waals surface area (Å²) in [4.78, 5) is 6.67. The van der Waals surface area contributed by atoms with Crippen molar-refractivity contribution in [1.29, 1.82) is 0 Å². The fourth-order valence-electron chi connectivity index (χ4n) is 2.15. The first-order valence-electron chi connectivity index (χ1n) is 6.06. The van der Waals surface area contributed by atoms with Crippen molar-refractivity contribution >= 4 is 5.95 Å². The van der Waals surface area contributed by atoms with Gasteiger partial charge in [-0.3, -0.25) is 5.10 Å². The van der Waals surface area contributed by atoms with Gasteiger partial charge < -0.3 is 14.7 Å². The van der Waals surface area contributed by atoms with E-state index in [0.29, 0.717) is 11.9 Å². The Morgan fingerprint density at radius 2 is 2.39 bits per heavy atom. The van der Waals surface area contributed by atoms with Crippen LogP contribution in [0.5, 0.6) is 0 Å². The van der Waals surface area contributed by atoms with Gasteiger partial charge in [0.1, 0.15) is 5.76 Å². The van der Waals surface area contributed by atoms with Gasteiger partial charge in [-0.15, -0.1) is 5.10 Å². The summed E-state index contributed by atoms with van der Waals surface area (Å²) < 4.78 is 5.03. The molecule has 7 nitrogen and oxygen atoms in total. The monoisotopic (exact) mass is 248 g/mol. The summed E-state index contributed by atoms with van der Waals surface area (Å²) in [5, 5.41) is 14.3. The van der Waals surface area contributed by atoms with E-state index in [4.69, 9.17) is 4.52 Å². The fourth-order valence-corrected chi connectivity index (χ4v) is 2.15. The number of nitrogens with zero attached hydrogens (tertiary/aromatic N) is 4. The lowest BCUT2D eigenvalue weighted by molar-refractivity contribution is 0.398. The minimum absolute atomic E-state index is 0.457. The summed E-state index contributed by atoms with van der Waals surface area (Å²) in [6, 6.07) is 0.457. The average molecular weight is 248 g/mol. The molecule has 0 aliphatic carbocycles. The zero-order valence-electron chi connectivity index (χ0n) is 10.5. The van der Waals surface area contributed by atoms with Gasteiger partial charge in [-0.05, 0) is 13.8 Å². The van der Waals surface area contributed by atoms with Crippen LogP contribution in [-0.2, 0) is 0 Å². The van der Waals surface area contributed by atoms with Crippen LogP contribution in [0, 0.1) is 6.92 Å². The van der Waals surface area contributed by atoms with Gasteiger partial charge in [0.25, 0.3) is 0 Å². The Bertz CT molecular complexity index is 533. The van der Waals surface area contributed by atoms with Crippen molar-refractivity contribution in [3.8, 4) is 11.4 Å². The minimum Gasteiger partial charge on any atom is -0.361 e. The molecule has 2 aromatic rings. The van der Waals surface area contributed by atoms with E-state index < -0.39 is 0 Å². The van der Waals surface area contributed by atoms with Crippen molar-refractivity contribution in [2.24, 2.45) is 0 Å². The molecule has 1 fully saturated rings. The Morgan fingerprint density at radius 1 is 1.50 bits per heavy atom. The normalized spacial score (nSPS) is 20.3. The van der Waals surface area contributed by atoms with Crippen molar-refractivity contribution in [3.05, 3.63) is 12.0 Å². The Kier molecular flexibility index (Phi) is 2.75. The molecule has 96 valence electrons. The van der Waals surface area contributed by atoms with Crippen LogP contribution in [0.25, 0.3) is 11.4 Å². The molecule has 18 heavy (non-hydrogen) atoms. The number of anilines is 1. The number of hydrogen-bond donors (Lipinski definition) is 2. The van der Waals surface area contributed by atoms with E-state index in [9.17, 15) is 0 Å². The highest BCUT2D eigenvalue weighted by atomic mass is 16.5. The average Bonchev–Trinajstić information content (AvgIpc) is 2.97. The van der Waals surface area contributed by atoms with Crippen molar-refractivity contribution in [3.63, 3.8) is 0 Å². The zero-order chi connectivity index (χ0) is 12.5. The Balaban J connectivity index is 1.83. The predicted octanol–water partition coefficient (Wildman–Crippen LogP) is 0.566. The second kappa shape index (κ2) is 4.41. The summed E-state index contributed by atoms with van der Waals surface area (Å²) in [6.07, 6.45) is 1.65. The second-order valence-corrected chi connectivity index (χ2v) is 4.58. The van der Waals surface area contributed by atoms with Gasteiger partial charge in [0.2, 0.25) is 5.95 Å². The maximum Gasteiger partial charge on any atom is 0.245 e. The third kappa shape index (κ3) is 1.97. The van der Waals surface area contributed by atoms with Crippen LogP contribution in [0.1, 0.15) is 12.7 Å². The van der Waals surface area contributed by atoms with E-state index in [1.807, 2.05) is 6.92 Å². The van der Waals surface area contributed by atoms with Crippen molar-refractivity contribution in [2.45, 2.75) is 19.9 Å². The van der Waals surface area contributed by atoms with Crippen LogP contribution in [0.15, 0.2) is 10.7 Å². The molecule has 0 unspecified atom stereocenters. The number of aryl methyl sites for hydroxylation is 1. The fraction of sp³-hybridized carbons (Fsp3) is 0.545. The van der Waals surface area contributed by atoms with E-state index in [-0.39, 0.29) is 0 Å². The Morgan fingerprint density at radius 3 is 3.11 bits per heavy atom. The molecule has 1 atom stereocenters. The molecule has 2 aromatic heterocycles. The van der Waals surface area contributed by atoms with Gasteiger partial charge in [0.15, 0.2) is 5.82 Å². The minimum atomic E-state index is 0.457. The lowest BCUT2D eigenvalue weighted by Crippen LogP contribution is -2.49. The van der Waals surface area contributed by atoms with Crippen LogP contribution < -0.4 is 10.2 Å². The molecule has 3 rings (SSSR count). The van der Waals surface area contributed by atoms with E-state index in [1.54, 1.807) is 6.20 Å². The van der Waals surface area contributed by atoms with Gasteiger partial charge in [0, 0.05) is 25.7 Å². The standard InChI is InChI=1S/C11H16N6O/c1-7-6-17(4-3-12-7)11-14-10(15-16-11)9-5-13-18-8(9)2/h5,7,12H,3-4,6H2,1-2H3,(H,14,15,16)/t7-/m0/s1. The SMILES string of the molecule is Cc1oncc1-c1nc(N2CCN[C@@H](C)C2)n[nH]1. The Hall–Kier alpha value is -1.89. The first-order valence-corrected chi connectivity index (χ1v) is 6.06. The largest absolute Gasteiger partial charge is 0.361 e. The number of nitrogens with one attached hydrogen (secondary N) is 2. The molecule has 0 bridgehead atoms. The van der Waals surface area contributed by atoms with Gasteiger partial charge in [0.05, 0.1) is 11.8 Å². The molecule has 0 amide bonds. The van der Waals surface area contributed by atoms with E-state index in [0.717, 1.165) is 36.9 Å². The highest BCUT2D eigenvalue weighted by Crippen LogP contribution is 2.21. The first-order chi connectivity index (χ1) is 8.74. The molecular weight excluding hydrogens is 232 g/mol. The third-order valence-corrected chi connectivity index (χ3v) is 3.13. The molecule has 0 saturated carbocycles. The number of H-pyrrole nitrogens is 1. The molecular formula is C11H16N6O. The topological polar surface area (TPSA) is 82.9 Å². The number of hydrogen-bond acceptors (Lipinski definition) is 6. The van der Waals surface area contributed by atoms with Gasteiger partial charge in [-0.2, -0.15) is 4.98 Å². The molecule has 1 aliphatic rings. The number of aromatic nitrogens is 4. The molecule has 2 N–H and O–H groups in total. The van der Waals surface area contributed by atoms with Crippen molar-refractivity contribution in [2.75, 3.05) is 24.5 Å². The smallest absolute Gasteiger partial charge is 0.245 e. The van der Waals surface area contributed by atoms with E-state index >= 15 is 0 Å². The number of aromatic amines is 1. The van der Waals surface area contributed by atoms with Gasteiger partial charge in [-0.1, -0.05) is 5.16 Å². The van der Waals surface area contributed by atoms with Crippen LogP contribution in [0.4, 0.5) is 5.95 Å². The van der Waals surface area contributed by atoms with Crippen LogP contribution in [-0.4, -0.2) is 46.0 Å². The highest BCUT2D eigenvalue weighted by Gasteiger charge is 2.20. The molecule has 0 aromatic carbocycles. The summed E-state index contributed by atoms with van der Waals surface area (Å²) >= 11 is 0. The maximum atomic E-state index is 5.03. The van der Waals surface area contributed by atoms with Crippen molar-refractivity contribution in [1.82, 2.24) is 25.7 Å². The number of piperazine rings is 1. The third-order valence-electron chi connectivity index (χ3n) is 3.13. The van der Waals surface area contributed by atoms with Crippen LogP contribution >= 0.6 is 0 Å². The summed E-state index contributed by atoms with van der Waals surface area (Å²) in [5.74, 6) is 2.18. The maximum absolute atomic E-state index is 5.03. The van der Waals surface area contributed by atoms with E-state index in [2.05, 4.69) is 37.5 Å². The van der Waals surface area contributed by atoms with Crippen LogP contribution in [0.3, 0.4) is 0 Å². The van der Waals surface area contributed by atoms with Gasteiger partial charge >= 0.3 is 0 Å². The summed E-state index contributed by atoms with van der Waals surface area (Å²) in [6.45, 7) is 6.81. The second-order valence-electron chi connectivity index (χ2n) is 4.58. The quantitative estimate of drug-likeness (QED) is 0.808. The molecule has 0 radical (unpaired) electrons. The predicted molar refractivity (Wildman–Crippen MR) is 66.3 cm³/mol. The zero-order valence-corrected chi connectivity index (χ0v) is 10.5. The van der Waals surface area contributed by atoms with E-state index in [1.165, 1.54) is 0 Å². The summed E-state index contributed by atoms with van der Waals surface area (Å²) in [7, 11) is 0. The first kappa shape index (κ1) is 11.2.